The molecule has 0 amide bonds. The lowest BCUT2D eigenvalue weighted by molar-refractivity contribution is -0.112. The lowest BCUT2D eigenvalue weighted by atomic mass is 9.73. The Morgan fingerprint density at radius 2 is 1.75 bits per heavy atom. The van der Waals surface area contributed by atoms with E-state index in [1.807, 2.05) is 0 Å². The van der Waals surface area contributed by atoms with Crippen LogP contribution in [0.4, 0.5) is 0 Å². The SMILES string of the molecule is CC1CCCC(C2=C(O)c3ccccc3C(=O)C2=O)C1. The van der Waals surface area contributed by atoms with Gasteiger partial charge in [-0.3, -0.25) is 9.59 Å². The van der Waals surface area contributed by atoms with Crippen LogP contribution in [0.25, 0.3) is 5.76 Å². The van der Waals surface area contributed by atoms with Gasteiger partial charge < -0.3 is 5.11 Å². The van der Waals surface area contributed by atoms with E-state index in [1.54, 1.807) is 24.3 Å². The topological polar surface area (TPSA) is 54.4 Å². The summed E-state index contributed by atoms with van der Waals surface area (Å²) >= 11 is 0. The van der Waals surface area contributed by atoms with Crippen molar-refractivity contribution in [2.75, 3.05) is 0 Å². The lowest BCUT2D eigenvalue weighted by Crippen LogP contribution is -2.30. The first-order chi connectivity index (χ1) is 9.59. The summed E-state index contributed by atoms with van der Waals surface area (Å²) in [5, 5.41) is 10.5. The molecule has 0 aromatic heterocycles. The highest BCUT2D eigenvalue weighted by Gasteiger charge is 2.37. The van der Waals surface area contributed by atoms with E-state index in [4.69, 9.17) is 0 Å². The number of aliphatic hydroxyl groups is 1. The van der Waals surface area contributed by atoms with Crippen molar-refractivity contribution in [3.8, 4) is 0 Å². The molecule has 104 valence electrons. The van der Waals surface area contributed by atoms with Crippen LogP contribution in [-0.2, 0) is 4.79 Å². The third-order valence-electron chi connectivity index (χ3n) is 4.48. The minimum absolute atomic E-state index is 0.0172. The summed E-state index contributed by atoms with van der Waals surface area (Å²) in [5.74, 6) is -0.422. The maximum Gasteiger partial charge on any atom is 0.234 e. The molecule has 1 fully saturated rings. The zero-order chi connectivity index (χ0) is 14.3. The predicted octanol–water partition coefficient (Wildman–Crippen LogP) is 3.55. The number of carbonyl (C=O) groups excluding carboxylic acids is 2. The molecule has 0 spiro atoms. The van der Waals surface area contributed by atoms with E-state index in [9.17, 15) is 14.7 Å². The van der Waals surface area contributed by atoms with E-state index >= 15 is 0 Å². The van der Waals surface area contributed by atoms with Crippen molar-refractivity contribution in [1.29, 1.82) is 0 Å². The first-order valence-electron chi connectivity index (χ1n) is 7.21. The fourth-order valence-corrected chi connectivity index (χ4v) is 3.46. The fraction of sp³-hybridized carbons (Fsp3) is 0.412. The van der Waals surface area contributed by atoms with Gasteiger partial charge in [0.05, 0.1) is 0 Å². The van der Waals surface area contributed by atoms with Crippen LogP contribution in [0.3, 0.4) is 0 Å². The molecule has 2 atom stereocenters. The van der Waals surface area contributed by atoms with Gasteiger partial charge in [0.1, 0.15) is 5.76 Å². The number of aliphatic hydroxyl groups excluding tert-OH is 1. The van der Waals surface area contributed by atoms with Crippen LogP contribution in [0.15, 0.2) is 29.8 Å². The second-order valence-electron chi connectivity index (χ2n) is 5.93. The first-order valence-corrected chi connectivity index (χ1v) is 7.21. The molecular formula is C17H18O3. The molecule has 1 N–H and O–H groups in total. The minimum atomic E-state index is -0.514. The van der Waals surface area contributed by atoms with Gasteiger partial charge in [-0.2, -0.15) is 0 Å². The van der Waals surface area contributed by atoms with E-state index in [0.29, 0.717) is 22.6 Å². The van der Waals surface area contributed by atoms with E-state index in [2.05, 4.69) is 6.92 Å². The Balaban J connectivity index is 2.09. The molecule has 1 aromatic carbocycles. The van der Waals surface area contributed by atoms with E-state index in [1.165, 1.54) is 0 Å². The van der Waals surface area contributed by atoms with Gasteiger partial charge in [0.15, 0.2) is 0 Å². The monoisotopic (exact) mass is 270 g/mol. The number of Topliss-reactive ketones (excluding diaryl/α,β-unsaturated/α-hetero) is 2. The average Bonchev–Trinajstić information content (AvgIpc) is 2.45. The molecule has 3 heteroatoms. The van der Waals surface area contributed by atoms with Crippen LogP contribution in [0, 0.1) is 11.8 Å². The van der Waals surface area contributed by atoms with Gasteiger partial charge in [-0.25, -0.2) is 0 Å². The zero-order valence-corrected chi connectivity index (χ0v) is 11.6. The van der Waals surface area contributed by atoms with Crippen molar-refractivity contribution in [3.05, 3.63) is 41.0 Å². The summed E-state index contributed by atoms with van der Waals surface area (Å²) in [4.78, 5) is 24.5. The Bertz CT molecular complexity index is 612. The van der Waals surface area contributed by atoms with Crippen LogP contribution in [0.1, 0.15) is 48.5 Å². The summed E-state index contributed by atoms with van der Waals surface area (Å²) in [5.41, 5.74) is 1.17. The average molecular weight is 270 g/mol. The van der Waals surface area contributed by atoms with Gasteiger partial charge in [-0.15, -0.1) is 0 Å². The van der Waals surface area contributed by atoms with Crippen LogP contribution < -0.4 is 0 Å². The molecule has 1 saturated carbocycles. The summed E-state index contributed by atoms with van der Waals surface area (Å²) in [7, 11) is 0. The fourth-order valence-electron chi connectivity index (χ4n) is 3.46. The van der Waals surface area contributed by atoms with Crippen LogP contribution >= 0.6 is 0 Å². The molecule has 0 radical (unpaired) electrons. The van der Waals surface area contributed by atoms with Crippen molar-refractivity contribution >= 4 is 17.3 Å². The maximum absolute atomic E-state index is 12.3. The molecule has 1 aromatic rings. The normalized spacial score (nSPS) is 26.6. The molecule has 0 aliphatic heterocycles. The highest BCUT2D eigenvalue weighted by atomic mass is 16.3. The number of carbonyl (C=O) groups is 2. The van der Waals surface area contributed by atoms with Crippen molar-refractivity contribution in [2.45, 2.75) is 32.6 Å². The van der Waals surface area contributed by atoms with Gasteiger partial charge in [-0.05, 0) is 24.7 Å². The summed E-state index contributed by atoms with van der Waals surface area (Å²) < 4.78 is 0. The molecule has 3 nitrogen and oxygen atoms in total. The van der Waals surface area contributed by atoms with Crippen molar-refractivity contribution in [2.24, 2.45) is 11.8 Å². The Labute approximate surface area is 118 Å². The number of hydrogen-bond acceptors (Lipinski definition) is 3. The van der Waals surface area contributed by atoms with Crippen LogP contribution in [0.2, 0.25) is 0 Å². The summed E-state index contributed by atoms with van der Waals surface area (Å²) in [6.07, 6.45) is 3.96. The van der Waals surface area contributed by atoms with Crippen LogP contribution in [0.5, 0.6) is 0 Å². The van der Waals surface area contributed by atoms with Gasteiger partial charge in [0.2, 0.25) is 11.6 Å². The van der Waals surface area contributed by atoms with Gasteiger partial charge in [0.25, 0.3) is 0 Å². The van der Waals surface area contributed by atoms with Gasteiger partial charge in [0, 0.05) is 16.7 Å². The van der Waals surface area contributed by atoms with E-state index < -0.39 is 11.6 Å². The third kappa shape index (κ3) is 1.98. The molecule has 2 aliphatic rings. The Morgan fingerprint density at radius 3 is 2.45 bits per heavy atom. The number of rotatable bonds is 1. The van der Waals surface area contributed by atoms with Gasteiger partial charge in [-0.1, -0.05) is 44.0 Å². The Kier molecular flexibility index (Phi) is 3.20. The summed E-state index contributed by atoms with van der Waals surface area (Å²) in [6.45, 7) is 2.16. The minimum Gasteiger partial charge on any atom is -0.507 e. The number of benzene rings is 1. The number of ketones is 2. The largest absolute Gasteiger partial charge is 0.507 e. The molecule has 2 aliphatic carbocycles. The van der Waals surface area contributed by atoms with E-state index in [-0.39, 0.29) is 11.7 Å². The second kappa shape index (κ2) is 4.89. The standard InChI is InChI=1S/C17H18O3/c1-10-5-4-6-11(9-10)14-15(18)12-7-2-3-8-13(12)16(19)17(14)20/h2-3,7-8,10-11,18H,4-6,9H2,1H3. The highest BCUT2D eigenvalue weighted by molar-refractivity contribution is 6.52. The molecular weight excluding hydrogens is 252 g/mol. The Hall–Kier alpha value is -1.90. The lowest BCUT2D eigenvalue weighted by Gasteiger charge is -2.30. The van der Waals surface area contributed by atoms with Crippen molar-refractivity contribution < 1.29 is 14.7 Å². The summed E-state index contributed by atoms with van der Waals surface area (Å²) in [6, 6.07) is 6.80. The van der Waals surface area contributed by atoms with E-state index in [0.717, 1.165) is 25.7 Å². The van der Waals surface area contributed by atoms with Crippen molar-refractivity contribution in [1.82, 2.24) is 0 Å². The first kappa shape index (κ1) is 13.1. The van der Waals surface area contributed by atoms with Crippen molar-refractivity contribution in [3.63, 3.8) is 0 Å². The number of allylic oxidation sites excluding steroid dienone is 1. The second-order valence-corrected chi connectivity index (χ2v) is 5.93. The highest BCUT2D eigenvalue weighted by Crippen LogP contribution is 2.39. The van der Waals surface area contributed by atoms with Crippen LogP contribution in [-0.4, -0.2) is 16.7 Å². The molecule has 0 heterocycles. The van der Waals surface area contributed by atoms with Gasteiger partial charge >= 0.3 is 0 Å². The quantitative estimate of drug-likeness (QED) is 0.794. The molecule has 0 saturated heterocycles. The number of hydrogen-bond donors (Lipinski definition) is 1. The molecule has 2 unspecified atom stereocenters. The zero-order valence-electron chi connectivity index (χ0n) is 11.6. The third-order valence-corrected chi connectivity index (χ3v) is 4.48. The molecule has 0 bridgehead atoms. The predicted molar refractivity (Wildman–Crippen MR) is 76.5 cm³/mol. The Morgan fingerprint density at radius 1 is 1.05 bits per heavy atom. The maximum atomic E-state index is 12.3. The molecule has 3 rings (SSSR count). The smallest absolute Gasteiger partial charge is 0.234 e. The number of fused-ring (bicyclic) bond motifs is 1. The molecule has 20 heavy (non-hydrogen) atoms.